The average Bonchev–Trinajstić information content (AvgIpc) is 2.38. The molecule has 0 amide bonds. The van der Waals surface area contributed by atoms with Crippen molar-refractivity contribution in [3.05, 3.63) is 0 Å². The Bertz CT molecular complexity index is 590. The molecule has 1 unspecified atom stereocenters. The van der Waals surface area contributed by atoms with Crippen molar-refractivity contribution in [1.82, 2.24) is 0 Å². The zero-order chi connectivity index (χ0) is 20.3. The van der Waals surface area contributed by atoms with E-state index in [1.807, 2.05) is 0 Å². The van der Waals surface area contributed by atoms with E-state index in [1.165, 1.54) is 0 Å². The Morgan fingerprint density at radius 2 is 1.44 bits per heavy atom. The van der Waals surface area contributed by atoms with Crippen LogP contribution in [0.15, 0.2) is 0 Å². The average molecular weight is 429 g/mol. The van der Waals surface area contributed by atoms with Gasteiger partial charge in [-0.25, -0.2) is 8.42 Å². The van der Waals surface area contributed by atoms with Crippen molar-refractivity contribution in [2.24, 2.45) is 0 Å². The first-order valence-corrected chi connectivity index (χ1v) is 8.72. The molecule has 15 heteroatoms. The Hall–Kier alpha value is -0.910. The lowest BCUT2D eigenvalue weighted by molar-refractivity contribution is -0.354. The Balaban J connectivity index is 5.04. The number of alkyl halides is 10. The van der Waals surface area contributed by atoms with Crippen molar-refractivity contribution in [2.75, 3.05) is 11.5 Å². The van der Waals surface area contributed by atoms with Crippen LogP contribution in [0.2, 0.25) is 0 Å². The summed E-state index contributed by atoms with van der Waals surface area (Å²) in [6.45, 7) is 0. The van der Waals surface area contributed by atoms with Gasteiger partial charge in [0.05, 0.1) is 11.8 Å². The van der Waals surface area contributed by atoms with Gasteiger partial charge in [0.1, 0.15) is 5.25 Å². The van der Waals surface area contributed by atoms with Crippen molar-refractivity contribution in [2.45, 2.75) is 41.6 Å². The molecule has 0 aliphatic heterocycles. The third kappa shape index (κ3) is 6.72. The first-order valence-electron chi connectivity index (χ1n) is 6.01. The van der Waals surface area contributed by atoms with Crippen LogP contribution in [-0.4, -0.2) is 48.7 Å². The quantitative estimate of drug-likeness (QED) is 0.544. The van der Waals surface area contributed by atoms with Gasteiger partial charge in [0.15, 0.2) is 9.84 Å². The first-order chi connectivity index (χ1) is 10.9. The van der Waals surface area contributed by atoms with Crippen molar-refractivity contribution >= 4 is 21.6 Å². The number of nitriles is 1. The van der Waals surface area contributed by atoms with Gasteiger partial charge in [-0.05, 0) is 6.42 Å². The summed E-state index contributed by atoms with van der Waals surface area (Å²) in [5, 5.41) is 6.32. The monoisotopic (exact) mass is 429 g/mol. The molecule has 0 saturated carbocycles. The summed E-state index contributed by atoms with van der Waals surface area (Å²) in [7, 11) is -4.95. The second kappa shape index (κ2) is 7.77. The summed E-state index contributed by atoms with van der Waals surface area (Å²) in [5.41, 5.74) is -4.76. The van der Waals surface area contributed by atoms with E-state index in [1.54, 1.807) is 0 Å². The van der Waals surface area contributed by atoms with Crippen molar-refractivity contribution in [3.8, 4) is 6.07 Å². The molecule has 0 heterocycles. The van der Waals surface area contributed by atoms with E-state index in [9.17, 15) is 52.3 Å². The molecule has 0 N–H and O–H groups in total. The van der Waals surface area contributed by atoms with E-state index in [4.69, 9.17) is 5.26 Å². The molecular weight excluding hydrogens is 420 g/mol. The topological polar surface area (TPSA) is 57.9 Å². The molecule has 0 bridgehead atoms. The Morgan fingerprint density at radius 1 is 0.960 bits per heavy atom. The van der Waals surface area contributed by atoms with E-state index in [2.05, 4.69) is 0 Å². The normalized spacial score (nSPS) is 15.7. The lowest BCUT2D eigenvalue weighted by Crippen LogP contribution is -2.52. The number of hydrogen-bond acceptors (Lipinski definition) is 4. The number of halogens is 10. The van der Waals surface area contributed by atoms with Crippen LogP contribution in [0, 0.1) is 11.3 Å². The molecule has 0 radical (unpaired) electrons. The third-order valence-electron chi connectivity index (χ3n) is 2.74. The van der Waals surface area contributed by atoms with Crippen LogP contribution in [0.4, 0.5) is 43.9 Å². The summed E-state index contributed by atoms with van der Waals surface area (Å²) in [5.74, 6) is -15.2. The fourth-order valence-electron chi connectivity index (χ4n) is 1.38. The van der Waals surface area contributed by atoms with Gasteiger partial charge < -0.3 is 0 Å². The summed E-state index contributed by atoms with van der Waals surface area (Å²) >= 11 is -0.708. The molecular formula is C10H9F10NO2S2. The SMILES string of the molecule is N#CC(CCSC(F)(F)F)S(=O)(=O)CCC(F)(F)C(F)(F)C(F)(F)F. The Labute approximate surface area is 139 Å². The summed E-state index contributed by atoms with van der Waals surface area (Å²) in [4.78, 5) is 0. The van der Waals surface area contributed by atoms with E-state index in [-0.39, 0.29) is 0 Å². The number of sulfone groups is 1. The van der Waals surface area contributed by atoms with Gasteiger partial charge in [-0.3, -0.25) is 0 Å². The molecule has 1 atom stereocenters. The highest BCUT2D eigenvalue weighted by Crippen LogP contribution is 2.48. The van der Waals surface area contributed by atoms with Gasteiger partial charge in [-0.1, -0.05) is 11.8 Å². The van der Waals surface area contributed by atoms with Gasteiger partial charge in [-0.2, -0.15) is 49.2 Å². The molecule has 0 aromatic carbocycles. The summed E-state index contributed by atoms with van der Waals surface area (Å²) in [6, 6.07) is 1.01. The maximum Gasteiger partial charge on any atom is 0.459 e. The zero-order valence-electron chi connectivity index (χ0n) is 11.8. The van der Waals surface area contributed by atoms with Crippen molar-refractivity contribution in [1.29, 1.82) is 5.26 Å². The zero-order valence-corrected chi connectivity index (χ0v) is 13.4. The van der Waals surface area contributed by atoms with Gasteiger partial charge in [0.25, 0.3) is 0 Å². The second-order valence-electron chi connectivity index (χ2n) is 4.59. The summed E-state index contributed by atoms with van der Waals surface area (Å²) < 4.78 is 146. The van der Waals surface area contributed by atoms with Crippen LogP contribution in [0.3, 0.4) is 0 Å². The van der Waals surface area contributed by atoms with Crippen LogP contribution in [0.5, 0.6) is 0 Å². The van der Waals surface area contributed by atoms with E-state index >= 15 is 0 Å². The minimum Gasteiger partial charge on any atom is -0.227 e. The first kappa shape index (κ1) is 24.1. The molecule has 148 valence electrons. The molecule has 0 rings (SSSR count). The highest BCUT2D eigenvalue weighted by molar-refractivity contribution is 8.00. The smallest absolute Gasteiger partial charge is 0.227 e. The Kier molecular flexibility index (Phi) is 7.48. The number of nitrogens with zero attached hydrogens (tertiary/aromatic N) is 1. The summed E-state index contributed by atoms with van der Waals surface area (Å²) in [6.07, 6.45) is -10.1. The highest BCUT2D eigenvalue weighted by Gasteiger charge is 2.72. The lowest BCUT2D eigenvalue weighted by Gasteiger charge is -2.28. The molecule has 25 heavy (non-hydrogen) atoms. The molecule has 0 aliphatic rings. The molecule has 0 saturated heterocycles. The molecule has 0 aromatic rings. The molecule has 3 nitrogen and oxygen atoms in total. The van der Waals surface area contributed by atoms with Crippen LogP contribution < -0.4 is 0 Å². The van der Waals surface area contributed by atoms with Gasteiger partial charge in [0.2, 0.25) is 0 Å². The number of thioether (sulfide) groups is 1. The maximum absolute atomic E-state index is 13.0. The van der Waals surface area contributed by atoms with E-state index in [0.717, 1.165) is 6.07 Å². The standard InChI is InChI=1S/C10H9F10NO2S2/c11-7(12,8(13,14)9(15,16)17)2-4-25(22,23)6(5-21)1-3-24-10(18,19)20/h6H,1-4H2. The highest BCUT2D eigenvalue weighted by atomic mass is 32.2. The van der Waals surface area contributed by atoms with Crippen molar-refractivity contribution < 1.29 is 52.3 Å². The van der Waals surface area contributed by atoms with Crippen molar-refractivity contribution in [3.63, 3.8) is 0 Å². The maximum atomic E-state index is 13.0. The lowest BCUT2D eigenvalue weighted by atomic mass is 10.1. The fraction of sp³-hybridized carbons (Fsp3) is 0.900. The molecule has 0 aromatic heterocycles. The largest absolute Gasteiger partial charge is 0.459 e. The van der Waals surface area contributed by atoms with Gasteiger partial charge in [0, 0.05) is 12.2 Å². The van der Waals surface area contributed by atoms with Gasteiger partial charge in [-0.15, -0.1) is 0 Å². The number of hydrogen-bond donors (Lipinski definition) is 0. The second-order valence-corrected chi connectivity index (χ2v) is 8.06. The minimum absolute atomic E-state index is 0.708. The van der Waals surface area contributed by atoms with Crippen LogP contribution >= 0.6 is 11.8 Å². The molecule has 0 aliphatic carbocycles. The third-order valence-corrected chi connectivity index (χ3v) is 5.49. The predicted molar refractivity (Wildman–Crippen MR) is 66.9 cm³/mol. The Morgan fingerprint density at radius 3 is 1.80 bits per heavy atom. The minimum atomic E-state index is -6.64. The molecule has 0 spiro atoms. The van der Waals surface area contributed by atoms with Crippen LogP contribution in [0.25, 0.3) is 0 Å². The fourth-order valence-corrected chi connectivity index (χ4v) is 3.58. The van der Waals surface area contributed by atoms with E-state index in [0.29, 0.717) is 0 Å². The number of rotatable bonds is 8. The molecule has 0 fully saturated rings. The van der Waals surface area contributed by atoms with Gasteiger partial charge >= 0.3 is 23.5 Å². The van der Waals surface area contributed by atoms with Crippen LogP contribution in [0.1, 0.15) is 12.8 Å². The predicted octanol–water partition coefficient (Wildman–Crippen LogP) is 4.16. The van der Waals surface area contributed by atoms with E-state index < -0.39 is 74.7 Å². The van der Waals surface area contributed by atoms with Crippen LogP contribution in [-0.2, 0) is 9.84 Å².